The number of benzene rings is 1. The molecule has 138 valence electrons. The maximum atomic E-state index is 12.0. The Bertz CT molecular complexity index is 735. The van der Waals surface area contributed by atoms with E-state index in [2.05, 4.69) is 4.90 Å². The molecule has 0 radical (unpaired) electrons. The third-order valence-electron chi connectivity index (χ3n) is 4.53. The summed E-state index contributed by atoms with van der Waals surface area (Å²) in [5, 5.41) is 9.06. The predicted molar refractivity (Wildman–Crippen MR) is 93.3 cm³/mol. The van der Waals surface area contributed by atoms with E-state index in [0.29, 0.717) is 31.5 Å². The molecule has 7 nitrogen and oxygen atoms in total. The van der Waals surface area contributed by atoms with E-state index < -0.39 is 23.7 Å². The Kier molecular flexibility index (Phi) is 4.71. The average Bonchev–Trinajstić information content (AvgIpc) is 2.58. The molecular weight excluding hydrogens is 338 g/mol. The fraction of sp³-hybridized carbons (Fsp3) is 0.421. The van der Waals surface area contributed by atoms with Crippen molar-refractivity contribution in [3.63, 3.8) is 0 Å². The number of carboxylic acid groups (broad SMARTS) is 1. The number of hydrogen-bond acceptors (Lipinski definition) is 6. The van der Waals surface area contributed by atoms with Crippen molar-refractivity contribution in [3.8, 4) is 0 Å². The standard InChI is InChI=1S/C19H21NO6/c1-19(2)25-17(23)15(18(24)26-19)11-12-3-5-14(6-4-12)20-9-7-13(8-10-20)16(21)22/h3-6,11,13H,7-10H2,1-2H3,(H,21,22). The van der Waals surface area contributed by atoms with E-state index in [-0.39, 0.29) is 11.5 Å². The smallest absolute Gasteiger partial charge is 0.348 e. The van der Waals surface area contributed by atoms with Crippen LogP contribution in [0.15, 0.2) is 29.8 Å². The summed E-state index contributed by atoms with van der Waals surface area (Å²) in [5.41, 5.74) is 1.52. The number of ether oxygens (including phenoxy) is 2. The molecule has 2 saturated heterocycles. The van der Waals surface area contributed by atoms with E-state index in [4.69, 9.17) is 14.6 Å². The molecule has 2 aliphatic rings. The second-order valence-electron chi connectivity index (χ2n) is 6.93. The Hall–Kier alpha value is -2.83. The van der Waals surface area contributed by atoms with E-state index in [1.165, 1.54) is 19.9 Å². The van der Waals surface area contributed by atoms with Crippen LogP contribution in [0.3, 0.4) is 0 Å². The molecule has 2 heterocycles. The quantitative estimate of drug-likeness (QED) is 0.502. The van der Waals surface area contributed by atoms with Crippen LogP contribution in [-0.4, -0.2) is 41.9 Å². The van der Waals surface area contributed by atoms with Gasteiger partial charge in [-0.25, -0.2) is 9.59 Å². The van der Waals surface area contributed by atoms with Crippen molar-refractivity contribution in [2.24, 2.45) is 5.92 Å². The summed E-state index contributed by atoms with van der Waals surface area (Å²) in [7, 11) is 0. The molecule has 2 aliphatic heterocycles. The number of hydrogen-bond donors (Lipinski definition) is 1. The van der Waals surface area contributed by atoms with Gasteiger partial charge >= 0.3 is 17.9 Å². The summed E-state index contributed by atoms with van der Waals surface area (Å²) in [5.74, 6) is -3.67. The van der Waals surface area contributed by atoms with Crippen LogP contribution in [0.5, 0.6) is 0 Å². The lowest BCUT2D eigenvalue weighted by molar-refractivity contribution is -0.222. The molecule has 3 rings (SSSR count). The molecule has 1 aromatic rings. The SMILES string of the molecule is CC1(C)OC(=O)C(=Cc2ccc(N3CCC(C(=O)O)CC3)cc2)C(=O)O1. The van der Waals surface area contributed by atoms with Crippen molar-refractivity contribution in [2.75, 3.05) is 18.0 Å². The summed E-state index contributed by atoms with van der Waals surface area (Å²) < 4.78 is 10.1. The second-order valence-corrected chi connectivity index (χ2v) is 6.93. The Morgan fingerprint density at radius 1 is 1.12 bits per heavy atom. The first-order valence-electron chi connectivity index (χ1n) is 8.51. The number of carbonyl (C=O) groups excluding carboxylic acids is 2. The molecule has 0 saturated carbocycles. The van der Waals surface area contributed by atoms with Gasteiger partial charge in [0, 0.05) is 32.6 Å². The minimum absolute atomic E-state index is 0.139. The Balaban J connectivity index is 1.70. The number of carbonyl (C=O) groups is 3. The summed E-state index contributed by atoms with van der Waals surface area (Å²) >= 11 is 0. The van der Waals surface area contributed by atoms with E-state index in [1.807, 2.05) is 12.1 Å². The molecular formula is C19H21NO6. The molecule has 1 aromatic carbocycles. The highest BCUT2D eigenvalue weighted by Gasteiger charge is 2.38. The Morgan fingerprint density at radius 2 is 1.65 bits per heavy atom. The largest absolute Gasteiger partial charge is 0.481 e. The zero-order valence-corrected chi connectivity index (χ0v) is 14.7. The van der Waals surface area contributed by atoms with Crippen LogP contribution in [0.25, 0.3) is 6.08 Å². The number of anilines is 1. The van der Waals surface area contributed by atoms with Gasteiger partial charge in [-0.3, -0.25) is 4.79 Å². The van der Waals surface area contributed by atoms with E-state index >= 15 is 0 Å². The van der Waals surface area contributed by atoms with Gasteiger partial charge in [0.15, 0.2) is 0 Å². The molecule has 0 aromatic heterocycles. The van der Waals surface area contributed by atoms with E-state index in [1.54, 1.807) is 12.1 Å². The third-order valence-corrected chi connectivity index (χ3v) is 4.53. The molecule has 0 unspecified atom stereocenters. The zero-order chi connectivity index (χ0) is 18.9. The Morgan fingerprint density at radius 3 is 2.15 bits per heavy atom. The predicted octanol–water partition coefficient (Wildman–Crippen LogP) is 2.21. The highest BCUT2D eigenvalue weighted by molar-refractivity contribution is 6.18. The molecule has 0 amide bonds. The van der Waals surface area contributed by atoms with Crippen LogP contribution in [0, 0.1) is 5.92 Å². The topological polar surface area (TPSA) is 93.1 Å². The first-order chi connectivity index (χ1) is 12.2. The van der Waals surface area contributed by atoms with Gasteiger partial charge in [0.05, 0.1) is 5.92 Å². The van der Waals surface area contributed by atoms with Gasteiger partial charge < -0.3 is 19.5 Å². The Labute approximate surface area is 151 Å². The molecule has 0 spiro atoms. The minimum atomic E-state index is -1.25. The number of aliphatic carboxylic acids is 1. The zero-order valence-electron chi connectivity index (χ0n) is 14.7. The lowest BCUT2D eigenvalue weighted by Crippen LogP contribution is -2.41. The van der Waals surface area contributed by atoms with Crippen LogP contribution in [0.1, 0.15) is 32.3 Å². The van der Waals surface area contributed by atoms with Crippen LogP contribution in [0.2, 0.25) is 0 Å². The third kappa shape index (κ3) is 3.87. The summed E-state index contributed by atoms with van der Waals surface area (Å²) in [6.45, 7) is 4.38. The van der Waals surface area contributed by atoms with Crippen molar-refractivity contribution in [2.45, 2.75) is 32.5 Å². The fourth-order valence-corrected chi connectivity index (χ4v) is 3.11. The number of cyclic esters (lactones) is 2. The lowest BCUT2D eigenvalue weighted by Gasteiger charge is -2.32. The van der Waals surface area contributed by atoms with Crippen molar-refractivity contribution in [1.82, 2.24) is 0 Å². The number of piperidine rings is 1. The summed E-state index contributed by atoms with van der Waals surface area (Å²) in [6.07, 6.45) is 2.68. The maximum absolute atomic E-state index is 12.0. The highest BCUT2D eigenvalue weighted by Crippen LogP contribution is 2.26. The van der Waals surface area contributed by atoms with Gasteiger partial charge in [0.25, 0.3) is 5.79 Å². The van der Waals surface area contributed by atoms with Crippen molar-refractivity contribution < 1.29 is 29.0 Å². The van der Waals surface area contributed by atoms with Gasteiger partial charge in [-0.2, -0.15) is 0 Å². The molecule has 1 N–H and O–H groups in total. The monoisotopic (exact) mass is 359 g/mol. The average molecular weight is 359 g/mol. The van der Waals surface area contributed by atoms with Gasteiger partial charge in [-0.05, 0) is 36.6 Å². The van der Waals surface area contributed by atoms with Crippen LogP contribution >= 0.6 is 0 Å². The maximum Gasteiger partial charge on any atom is 0.348 e. The molecule has 26 heavy (non-hydrogen) atoms. The van der Waals surface area contributed by atoms with Crippen molar-refractivity contribution in [3.05, 3.63) is 35.4 Å². The number of esters is 2. The molecule has 0 aliphatic carbocycles. The first kappa shape index (κ1) is 18.0. The first-order valence-corrected chi connectivity index (χ1v) is 8.51. The molecule has 0 atom stereocenters. The van der Waals surface area contributed by atoms with Gasteiger partial charge in [0.2, 0.25) is 0 Å². The van der Waals surface area contributed by atoms with Gasteiger partial charge in [-0.15, -0.1) is 0 Å². The summed E-state index contributed by atoms with van der Waals surface area (Å²) in [6, 6.07) is 7.37. The minimum Gasteiger partial charge on any atom is -0.481 e. The fourth-order valence-electron chi connectivity index (χ4n) is 3.11. The lowest BCUT2D eigenvalue weighted by atomic mass is 9.96. The van der Waals surface area contributed by atoms with Gasteiger partial charge in [0.1, 0.15) is 5.57 Å². The number of rotatable bonds is 3. The molecule has 2 fully saturated rings. The second kappa shape index (κ2) is 6.82. The van der Waals surface area contributed by atoms with E-state index in [0.717, 1.165) is 5.69 Å². The van der Waals surface area contributed by atoms with Crippen LogP contribution in [-0.2, 0) is 23.9 Å². The van der Waals surface area contributed by atoms with E-state index in [9.17, 15) is 14.4 Å². The van der Waals surface area contributed by atoms with Crippen LogP contribution in [0.4, 0.5) is 5.69 Å². The normalized spacial score (nSPS) is 20.4. The highest BCUT2D eigenvalue weighted by atomic mass is 16.7. The van der Waals surface area contributed by atoms with Crippen molar-refractivity contribution >= 4 is 29.7 Å². The van der Waals surface area contributed by atoms with Crippen LogP contribution < -0.4 is 4.90 Å². The molecule has 7 heteroatoms. The number of carboxylic acids is 1. The molecule has 0 bridgehead atoms. The van der Waals surface area contributed by atoms with Crippen molar-refractivity contribution in [1.29, 1.82) is 0 Å². The number of nitrogens with zero attached hydrogens (tertiary/aromatic N) is 1. The van der Waals surface area contributed by atoms with Gasteiger partial charge in [-0.1, -0.05) is 12.1 Å². The summed E-state index contributed by atoms with van der Waals surface area (Å²) in [4.78, 5) is 37.1.